The monoisotopic (exact) mass is 209 g/mol. The summed E-state index contributed by atoms with van der Waals surface area (Å²) in [5.41, 5.74) is 7.92. The minimum absolute atomic E-state index is 0.0691. The molecule has 0 heterocycles. The third-order valence-electron chi connectivity index (χ3n) is 2.76. The maximum absolute atomic E-state index is 13.2. The van der Waals surface area contributed by atoms with Gasteiger partial charge in [-0.2, -0.15) is 0 Å². The van der Waals surface area contributed by atoms with E-state index in [9.17, 15) is 4.39 Å². The maximum Gasteiger partial charge on any atom is 0.123 e. The lowest BCUT2D eigenvalue weighted by atomic mass is 9.77. The Morgan fingerprint density at radius 2 is 2.00 bits per heavy atom. The van der Waals surface area contributed by atoms with Crippen LogP contribution < -0.4 is 5.73 Å². The lowest BCUT2D eigenvalue weighted by Gasteiger charge is -2.29. The normalized spacial score (nSPS) is 14.0. The van der Waals surface area contributed by atoms with E-state index in [1.807, 2.05) is 19.9 Å². The molecule has 1 atom stereocenters. The van der Waals surface area contributed by atoms with Crippen molar-refractivity contribution in [2.24, 2.45) is 5.73 Å². The van der Waals surface area contributed by atoms with Crippen molar-refractivity contribution in [2.45, 2.75) is 45.6 Å². The molecule has 0 bridgehead atoms. The fourth-order valence-electron chi connectivity index (χ4n) is 2.24. The van der Waals surface area contributed by atoms with E-state index in [-0.39, 0.29) is 17.3 Å². The summed E-state index contributed by atoms with van der Waals surface area (Å²) in [4.78, 5) is 0. The van der Waals surface area contributed by atoms with Gasteiger partial charge in [-0.1, -0.05) is 19.9 Å². The zero-order valence-electron chi connectivity index (χ0n) is 9.97. The molecule has 0 radical (unpaired) electrons. The van der Waals surface area contributed by atoms with Crippen LogP contribution in [0.25, 0.3) is 0 Å². The van der Waals surface area contributed by atoms with Gasteiger partial charge in [0.1, 0.15) is 5.82 Å². The summed E-state index contributed by atoms with van der Waals surface area (Å²) in [6.07, 6.45) is 0.858. The Kier molecular flexibility index (Phi) is 3.50. The van der Waals surface area contributed by atoms with Crippen molar-refractivity contribution in [1.29, 1.82) is 0 Å². The average molecular weight is 209 g/mol. The first-order valence-electron chi connectivity index (χ1n) is 5.35. The van der Waals surface area contributed by atoms with Crippen LogP contribution in [-0.2, 0) is 5.41 Å². The molecule has 1 rings (SSSR count). The molecule has 0 spiro atoms. The van der Waals surface area contributed by atoms with Crippen molar-refractivity contribution in [3.05, 3.63) is 35.1 Å². The Hall–Kier alpha value is -0.890. The molecular weight excluding hydrogens is 189 g/mol. The van der Waals surface area contributed by atoms with Crippen molar-refractivity contribution in [2.75, 3.05) is 0 Å². The summed E-state index contributed by atoms with van der Waals surface area (Å²) < 4.78 is 13.2. The van der Waals surface area contributed by atoms with Gasteiger partial charge in [0.2, 0.25) is 0 Å². The van der Waals surface area contributed by atoms with Gasteiger partial charge in [0.25, 0.3) is 0 Å². The van der Waals surface area contributed by atoms with Crippen LogP contribution in [0.4, 0.5) is 4.39 Å². The molecule has 1 aromatic carbocycles. The molecule has 0 aliphatic carbocycles. The minimum Gasteiger partial charge on any atom is -0.328 e. The SMILES string of the molecule is Cc1ccc(F)cc1C(C)(C)CC(C)N. The van der Waals surface area contributed by atoms with Gasteiger partial charge in [-0.15, -0.1) is 0 Å². The fraction of sp³-hybridized carbons (Fsp3) is 0.538. The van der Waals surface area contributed by atoms with Gasteiger partial charge in [0.05, 0.1) is 0 Å². The molecule has 1 unspecified atom stereocenters. The molecule has 15 heavy (non-hydrogen) atoms. The van der Waals surface area contributed by atoms with Crippen LogP contribution in [0.15, 0.2) is 18.2 Å². The zero-order valence-corrected chi connectivity index (χ0v) is 9.97. The first kappa shape index (κ1) is 12.2. The number of halogens is 1. The van der Waals surface area contributed by atoms with Crippen LogP contribution in [0, 0.1) is 12.7 Å². The second-order valence-corrected chi connectivity index (χ2v) is 5.02. The van der Waals surface area contributed by atoms with E-state index >= 15 is 0 Å². The van der Waals surface area contributed by atoms with Gasteiger partial charge < -0.3 is 5.73 Å². The Bertz CT molecular complexity index is 342. The average Bonchev–Trinajstić information content (AvgIpc) is 2.06. The standard InChI is InChI=1S/C13H20FN/c1-9-5-6-11(14)7-12(9)13(3,4)8-10(2)15/h5-7,10H,8,15H2,1-4H3. The second kappa shape index (κ2) is 4.31. The van der Waals surface area contributed by atoms with E-state index in [4.69, 9.17) is 5.73 Å². The van der Waals surface area contributed by atoms with Crippen molar-refractivity contribution < 1.29 is 4.39 Å². The quantitative estimate of drug-likeness (QED) is 0.813. The van der Waals surface area contributed by atoms with Crippen LogP contribution in [0.1, 0.15) is 38.3 Å². The highest BCUT2D eigenvalue weighted by Crippen LogP contribution is 2.30. The summed E-state index contributed by atoms with van der Waals surface area (Å²) in [5, 5.41) is 0. The van der Waals surface area contributed by atoms with Gasteiger partial charge in [-0.3, -0.25) is 0 Å². The van der Waals surface area contributed by atoms with Crippen LogP contribution in [0.3, 0.4) is 0 Å². The topological polar surface area (TPSA) is 26.0 Å². The summed E-state index contributed by atoms with van der Waals surface area (Å²) in [7, 11) is 0. The van der Waals surface area contributed by atoms with Gasteiger partial charge in [0.15, 0.2) is 0 Å². The summed E-state index contributed by atoms with van der Waals surface area (Å²) in [5.74, 6) is -0.173. The molecule has 1 nitrogen and oxygen atoms in total. The van der Waals surface area contributed by atoms with Crippen LogP contribution >= 0.6 is 0 Å². The van der Waals surface area contributed by atoms with E-state index in [1.165, 1.54) is 6.07 Å². The molecule has 0 aromatic heterocycles. The third-order valence-corrected chi connectivity index (χ3v) is 2.76. The Labute approximate surface area is 91.5 Å². The number of hydrogen-bond donors (Lipinski definition) is 1. The van der Waals surface area contributed by atoms with E-state index in [1.54, 1.807) is 6.07 Å². The highest BCUT2D eigenvalue weighted by atomic mass is 19.1. The smallest absolute Gasteiger partial charge is 0.123 e. The largest absolute Gasteiger partial charge is 0.328 e. The molecule has 2 heteroatoms. The van der Waals surface area contributed by atoms with E-state index in [0.717, 1.165) is 17.5 Å². The molecule has 84 valence electrons. The lowest BCUT2D eigenvalue weighted by Crippen LogP contribution is -2.29. The molecular formula is C13H20FN. The number of nitrogens with two attached hydrogens (primary N) is 1. The molecule has 0 saturated carbocycles. The second-order valence-electron chi connectivity index (χ2n) is 5.02. The van der Waals surface area contributed by atoms with Crippen LogP contribution in [0.5, 0.6) is 0 Å². The number of rotatable bonds is 3. The van der Waals surface area contributed by atoms with Crippen LogP contribution in [-0.4, -0.2) is 6.04 Å². The predicted molar refractivity (Wildman–Crippen MR) is 62.4 cm³/mol. The molecule has 1 aromatic rings. The lowest BCUT2D eigenvalue weighted by molar-refractivity contribution is 0.433. The Morgan fingerprint density at radius 3 is 2.53 bits per heavy atom. The molecule has 0 aliphatic heterocycles. The maximum atomic E-state index is 13.2. The van der Waals surface area contributed by atoms with Crippen LogP contribution in [0.2, 0.25) is 0 Å². The summed E-state index contributed by atoms with van der Waals surface area (Å²) in [6.45, 7) is 8.21. The van der Waals surface area contributed by atoms with Gasteiger partial charge in [-0.25, -0.2) is 4.39 Å². The van der Waals surface area contributed by atoms with E-state index in [2.05, 4.69) is 13.8 Å². The molecule has 0 aliphatic rings. The minimum atomic E-state index is -0.173. The van der Waals surface area contributed by atoms with Crippen molar-refractivity contribution in [3.8, 4) is 0 Å². The van der Waals surface area contributed by atoms with Gasteiger partial charge in [-0.05, 0) is 48.9 Å². The van der Waals surface area contributed by atoms with Gasteiger partial charge in [0, 0.05) is 6.04 Å². The predicted octanol–water partition coefficient (Wildman–Crippen LogP) is 3.15. The number of aryl methyl sites for hydroxylation is 1. The number of hydrogen-bond acceptors (Lipinski definition) is 1. The molecule has 0 fully saturated rings. The Morgan fingerprint density at radius 1 is 1.40 bits per heavy atom. The third kappa shape index (κ3) is 3.03. The highest BCUT2D eigenvalue weighted by molar-refractivity contribution is 5.33. The fourth-order valence-corrected chi connectivity index (χ4v) is 2.24. The zero-order chi connectivity index (χ0) is 11.6. The number of benzene rings is 1. The van der Waals surface area contributed by atoms with E-state index in [0.29, 0.717) is 0 Å². The van der Waals surface area contributed by atoms with E-state index < -0.39 is 0 Å². The highest BCUT2D eigenvalue weighted by Gasteiger charge is 2.24. The summed E-state index contributed by atoms with van der Waals surface area (Å²) >= 11 is 0. The first-order chi connectivity index (χ1) is 6.83. The molecule has 0 amide bonds. The Balaban J connectivity index is 3.08. The van der Waals surface area contributed by atoms with Crippen molar-refractivity contribution in [3.63, 3.8) is 0 Å². The first-order valence-corrected chi connectivity index (χ1v) is 5.35. The van der Waals surface area contributed by atoms with Gasteiger partial charge >= 0.3 is 0 Å². The molecule has 0 saturated heterocycles. The van der Waals surface area contributed by atoms with Crippen molar-refractivity contribution >= 4 is 0 Å². The van der Waals surface area contributed by atoms with Crippen molar-refractivity contribution in [1.82, 2.24) is 0 Å². The molecule has 2 N–H and O–H groups in total. The summed E-state index contributed by atoms with van der Waals surface area (Å²) in [6, 6.07) is 5.08.